The third-order valence-electron chi connectivity index (χ3n) is 4.46. The molecule has 1 aromatic carbocycles. The molecule has 0 amide bonds. The molecule has 0 aliphatic carbocycles. The van der Waals surface area contributed by atoms with E-state index >= 15 is 0 Å². The zero-order chi connectivity index (χ0) is 20.6. The normalized spacial score (nSPS) is 15.1. The van der Waals surface area contributed by atoms with Crippen LogP contribution in [0, 0.1) is 0 Å². The van der Waals surface area contributed by atoms with E-state index in [1.54, 1.807) is 31.5 Å². The zero-order valence-corrected chi connectivity index (χ0v) is 17.7. The predicted octanol–water partition coefficient (Wildman–Crippen LogP) is 3.77. The lowest BCUT2D eigenvalue weighted by Gasteiger charge is -2.31. The van der Waals surface area contributed by atoms with Gasteiger partial charge in [-0.3, -0.25) is 9.69 Å². The van der Waals surface area contributed by atoms with E-state index in [9.17, 15) is 4.79 Å². The van der Waals surface area contributed by atoms with E-state index in [2.05, 4.69) is 14.9 Å². The van der Waals surface area contributed by atoms with Gasteiger partial charge in [0, 0.05) is 25.5 Å². The van der Waals surface area contributed by atoms with Gasteiger partial charge in [0.25, 0.3) is 11.8 Å². The minimum Gasteiger partial charge on any atom is -0.470 e. The first-order valence-electron chi connectivity index (χ1n) is 9.47. The second kappa shape index (κ2) is 10.6. The van der Waals surface area contributed by atoms with E-state index in [-0.39, 0.29) is 18.7 Å². The first-order valence-corrected chi connectivity index (χ1v) is 10.2. The number of benzene rings is 1. The molecule has 0 unspecified atom stereocenters. The fraction of sp³-hybridized carbons (Fsp3) is 0.450. The van der Waals surface area contributed by atoms with Gasteiger partial charge in [0.05, 0.1) is 23.2 Å². The average Bonchev–Trinajstić information content (AvgIpc) is 2.71. The third-order valence-corrected chi connectivity index (χ3v) is 5.20. The van der Waals surface area contributed by atoms with Crippen LogP contribution < -0.4 is 9.47 Å². The summed E-state index contributed by atoms with van der Waals surface area (Å²) in [5, 5.41) is 0.964. The number of likely N-dealkylation sites (tertiary alicyclic amines) is 1. The molecule has 0 spiro atoms. The molecule has 9 heteroatoms. The number of aromatic nitrogens is 2. The van der Waals surface area contributed by atoms with Crippen LogP contribution in [0.5, 0.6) is 11.8 Å². The van der Waals surface area contributed by atoms with Crippen molar-refractivity contribution in [2.75, 3.05) is 26.2 Å². The van der Waals surface area contributed by atoms with E-state index in [0.29, 0.717) is 35.0 Å². The SMILES string of the molecule is CCOC(=O)CN1CCC(Oc2nccnc2OCc2ccc(Cl)c(Cl)c2)CC1. The van der Waals surface area contributed by atoms with Gasteiger partial charge >= 0.3 is 5.97 Å². The number of halogens is 2. The molecule has 0 bridgehead atoms. The van der Waals surface area contributed by atoms with Crippen molar-refractivity contribution in [1.29, 1.82) is 0 Å². The van der Waals surface area contributed by atoms with Crippen LogP contribution in [0.25, 0.3) is 0 Å². The Bertz CT molecular complexity index is 829. The standard InChI is InChI=1S/C20H23Cl2N3O4/c1-2-27-18(26)12-25-9-5-15(6-10-25)29-20-19(23-7-8-24-20)28-13-14-3-4-16(21)17(22)11-14/h3-4,7-8,11,15H,2,5-6,9-10,12-13H2,1H3. The van der Waals surface area contributed by atoms with Gasteiger partial charge < -0.3 is 14.2 Å². The van der Waals surface area contributed by atoms with Gasteiger partial charge in [-0.1, -0.05) is 29.3 Å². The Kier molecular flexibility index (Phi) is 7.91. The van der Waals surface area contributed by atoms with Crippen LogP contribution in [-0.2, 0) is 16.1 Å². The molecule has 3 rings (SSSR count). The number of nitrogens with zero attached hydrogens (tertiary/aromatic N) is 3. The summed E-state index contributed by atoms with van der Waals surface area (Å²) in [6.45, 7) is 4.29. The number of esters is 1. The maximum atomic E-state index is 11.6. The summed E-state index contributed by atoms with van der Waals surface area (Å²) in [4.78, 5) is 22.2. The van der Waals surface area contributed by atoms with Gasteiger partial charge in [-0.2, -0.15) is 0 Å². The highest BCUT2D eigenvalue weighted by Gasteiger charge is 2.24. The lowest BCUT2D eigenvalue weighted by Crippen LogP contribution is -2.41. The molecular formula is C20H23Cl2N3O4. The summed E-state index contributed by atoms with van der Waals surface area (Å²) < 4.78 is 16.8. The third kappa shape index (κ3) is 6.45. The number of carbonyl (C=O) groups is 1. The van der Waals surface area contributed by atoms with Crippen molar-refractivity contribution in [3.05, 3.63) is 46.2 Å². The topological polar surface area (TPSA) is 73.8 Å². The first-order chi connectivity index (χ1) is 14.0. The van der Waals surface area contributed by atoms with Crippen LogP contribution in [0.1, 0.15) is 25.3 Å². The van der Waals surface area contributed by atoms with Crippen molar-refractivity contribution >= 4 is 29.2 Å². The number of hydrogen-bond donors (Lipinski definition) is 0. The van der Waals surface area contributed by atoms with Gasteiger partial charge in [-0.15, -0.1) is 0 Å². The molecule has 29 heavy (non-hydrogen) atoms. The molecule has 1 saturated heterocycles. The van der Waals surface area contributed by atoms with Crippen LogP contribution in [0.2, 0.25) is 10.0 Å². The highest BCUT2D eigenvalue weighted by Crippen LogP contribution is 2.27. The average molecular weight is 440 g/mol. The maximum Gasteiger partial charge on any atom is 0.320 e. The monoisotopic (exact) mass is 439 g/mol. The molecule has 156 valence electrons. The van der Waals surface area contributed by atoms with Crippen LogP contribution >= 0.6 is 23.2 Å². The van der Waals surface area contributed by atoms with E-state index in [4.69, 9.17) is 37.4 Å². The van der Waals surface area contributed by atoms with E-state index < -0.39 is 0 Å². The van der Waals surface area contributed by atoms with E-state index in [1.165, 1.54) is 0 Å². The largest absolute Gasteiger partial charge is 0.470 e. The molecule has 2 heterocycles. The minimum absolute atomic E-state index is 0.0162. The smallest absolute Gasteiger partial charge is 0.320 e. The molecular weight excluding hydrogens is 417 g/mol. The molecule has 0 radical (unpaired) electrons. The van der Waals surface area contributed by atoms with Crippen LogP contribution in [0.15, 0.2) is 30.6 Å². The number of rotatable bonds is 8. The first kappa shape index (κ1) is 21.6. The second-order valence-electron chi connectivity index (χ2n) is 6.60. The Morgan fingerprint density at radius 2 is 1.86 bits per heavy atom. The summed E-state index contributed by atoms with van der Waals surface area (Å²) in [5.41, 5.74) is 0.864. The Labute approximate surface area is 179 Å². The minimum atomic E-state index is -0.196. The summed E-state index contributed by atoms with van der Waals surface area (Å²) in [6.07, 6.45) is 4.66. The van der Waals surface area contributed by atoms with Crippen molar-refractivity contribution in [1.82, 2.24) is 14.9 Å². The molecule has 0 saturated carbocycles. The van der Waals surface area contributed by atoms with E-state index in [1.807, 2.05) is 6.07 Å². The Morgan fingerprint density at radius 3 is 2.55 bits per heavy atom. The molecule has 0 N–H and O–H groups in total. The van der Waals surface area contributed by atoms with Gasteiger partial charge in [0.15, 0.2) is 0 Å². The Hall–Kier alpha value is -2.09. The van der Waals surface area contributed by atoms with Crippen LogP contribution in [0.3, 0.4) is 0 Å². The molecule has 1 aromatic heterocycles. The van der Waals surface area contributed by atoms with Crippen LogP contribution in [0.4, 0.5) is 0 Å². The summed E-state index contributed by atoms with van der Waals surface area (Å²) in [5.74, 6) is 0.489. The number of piperidine rings is 1. The molecule has 1 fully saturated rings. The van der Waals surface area contributed by atoms with E-state index in [0.717, 1.165) is 31.5 Å². The summed E-state index contributed by atoms with van der Waals surface area (Å²) >= 11 is 12.0. The molecule has 1 aliphatic heterocycles. The van der Waals surface area contributed by atoms with Crippen molar-refractivity contribution in [3.8, 4) is 11.8 Å². The fourth-order valence-electron chi connectivity index (χ4n) is 3.01. The lowest BCUT2D eigenvalue weighted by molar-refractivity contribution is -0.144. The van der Waals surface area contributed by atoms with Gasteiger partial charge in [-0.25, -0.2) is 9.97 Å². The zero-order valence-electron chi connectivity index (χ0n) is 16.1. The molecule has 7 nitrogen and oxygen atoms in total. The van der Waals surface area contributed by atoms with Crippen molar-refractivity contribution in [3.63, 3.8) is 0 Å². The van der Waals surface area contributed by atoms with Gasteiger partial charge in [0.1, 0.15) is 12.7 Å². The van der Waals surface area contributed by atoms with Crippen LogP contribution in [-0.4, -0.2) is 53.2 Å². The molecule has 2 aromatic rings. The maximum absolute atomic E-state index is 11.6. The van der Waals surface area contributed by atoms with Gasteiger partial charge in [-0.05, 0) is 37.5 Å². The highest BCUT2D eigenvalue weighted by atomic mass is 35.5. The molecule has 1 aliphatic rings. The Morgan fingerprint density at radius 1 is 1.14 bits per heavy atom. The number of hydrogen-bond acceptors (Lipinski definition) is 7. The second-order valence-corrected chi connectivity index (χ2v) is 7.42. The summed E-state index contributed by atoms with van der Waals surface area (Å²) in [7, 11) is 0. The number of ether oxygens (including phenoxy) is 3. The Balaban J connectivity index is 1.53. The van der Waals surface area contributed by atoms with Crippen molar-refractivity contribution in [2.24, 2.45) is 0 Å². The molecule has 0 atom stereocenters. The number of carbonyl (C=O) groups excluding carboxylic acids is 1. The fourth-order valence-corrected chi connectivity index (χ4v) is 3.33. The van der Waals surface area contributed by atoms with Crippen molar-refractivity contribution < 1.29 is 19.0 Å². The van der Waals surface area contributed by atoms with Crippen molar-refractivity contribution in [2.45, 2.75) is 32.5 Å². The highest BCUT2D eigenvalue weighted by molar-refractivity contribution is 6.42. The summed E-state index contributed by atoms with van der Waals surface area (Å²) in [6, 6.07) is 5.31. The quantitative estimate of drug-likeness (QED) is 0.579. The predicted molar refractivity (Wildman–Crippen MR) is 110 cm³/mol. The van der Waals surface area contributed by atoms with Gasteiger partial charge in [0.2, 0.25) is 0 Å². The lowest BCUT2D eigenvalue weighted by atomic mass is 10.1.